The number of piperidine rings is 1. The van der Waals surface area contributed by atoms with Gasteiger partial charge in [0, 0.05) is 25.7 Å². The van der Waals surface area contributed by atoms with Crippen LogP contribution in [0.3, 0.4) is 0 Å². The third-order valence-corrected chi connectivity index (χ3v) is 4.28. The van der Waals surface area contributed by atoms with Crippen LogP contribution in [0.15, 0.2) is 12.3 Å². The fraction of sp³-hybridized carbons (Fsp3) is 0.769. The van der Waals surface area contributed by atoms with Crippen molar-refractivity contribution in [3.8, 4) is 0 Å². The largest absolute Gasteiger partial charge is 0.370 e. The second kappa shape index (κ2) is 5.28. The van der Waals surface area contributed by atoms with Crippen LogP contribution in [0.5, 0.6) is 0 Å². The zero-order valence-corrected chi connectivity index (χ0v) is 11.0. The van der Waals surface area contributed by atoms with Gasteiger partial charge in [0.2, 0.25) is 0 Å². The van der Waals surface area contributed by atoms with Crippen LogP contribution in [0.4, 0.5) is 5.82 Å². The maximum Gasteiger partial charge on any atom is 0.124 e. The van der Waals surface area contributed by atoms with Gasteiger partial charge in [0.05, 0.1) is 12.2 Å². The van der Waals surface area contributed by atoms with Crippen LogP contribution in [0.25, 0.3) is 0 Å². The van der Waals surface area contributed by atoms with Crippen LogP contribution >= 0.6 is 0 Å². The summed E-state index contributed by atoms with van der Waals surface area (Å²) in [6.45, 7) is 7.79. The van der Waals surface area contributed by atoms with E-state index in [-0.39, 0.29) is 0 Å². The van der Waals surface area contributed by atoms with Gasteiger partial charge in [0.15, 0.2) is 0 Å². The van der Waals surface area contributed by atoms with Gasteiger partial charge >= 0.3 is 0 Å². The molecule has 2 fully saturated rings. The summed E-state index contributed by atoms with van der Waals surface area (Å²) < 4.78 is 2.13. The van der Waals surface area contributed by atoms with E-state index in [0.29, 0.717) is 6.04 Å². The Balaban J connectivity index is 1.57. The van der Waals surface area contributed by atoms with E-state index in [1.807, 2.05) is 6.20 Å². The van der Waals surface area contributed by atoms with E-state index in [1.165, 1.54) is 12.2 Å². The van der Waals surface area contributed by atoms with Gasteiger partial charge in [-0.05, 0) is 31.3 Å². The van der Waals surface area contributed by atoms with E-state index >= 15 is 0 Å². The average molecular weight is 249 g/mol. The number of nitrogens with zero attached hydrogens (tertiary/aromatic N) is 2. The summed E-state index contributed by atoms with van der Waals surface area (Å²) in [5, 5.41) is 14.8. The molecule has 2 atom stereocenters. The van der Waals surface area contributed by atoms with Crippen molar-refractivity contribution < 1.29 is 0 Å². The molecule has 2 unspecified atom stereocenters. The molecule has 0 aliphatic carbocycles. The molecule has 2 aliphatic heterocycles. The summed E-state index contributed by atoms with van der Waals surface area (Å²) in [4.78, 5) is 0. The Bertz CT molecular complexity index is 384. The van der Waals surface area contributed by atoms with Crippen molar-refractivity contribution in [1.29, 1.82) is 0 Å². The van der Waals surface area contributed by atoms with E-state index in [0.717, 1.165) is 44.6 Å². The Morgan fingerprint density at radius 1 is 1.39 bits per heavy atom. The number of rotatable bonds is 4. The smallest absolute Gasteiger partial charge is 0.124 e. The van der Waals surface area contributed by atoms with Crippen LogP contribution < -0.4 is 16.0 Å². The lowest BCUT2D eigenvalue weighted by Crippen LogP contribution is -2.44. The minimum Gasteiger partial charge on any atom is -0.370 e. The summed E-state index contributed by atoms with van der Waals surface area (Å²) in [5.74, 6) is 2.70. The first-order valence-corrected chi connectivity index (χ1v) is 7.03. The van der Waals surface area contributed by atoms with Crippen molar-refractivity contribution in [2.45, 2.75) is 19.4 Å². The molecule has 5 nitrogen and oxygen atoms in total. The van der Waals surface area contributed by atoms with Gasteiger partial charge in [0.1, 0.15) is 5.82 Å². The molecule has 0 aromatic carbocycles. The molecule has 1 aromatic rings. The molecule has 3 rings (SSSR count). The van der Waals surface area contributed by atoms with Crippen LogP contribution in [-0.4, -0.2) is 42.5 Å². The van der Waals surface area contributed by atoms with E-state index in [9.17, 15) is 0 Å². The number of nitrogens with one attached hydrogen (secondary N) is 3. The molecule has 18 heavy (non-hydrogen) atoms. The van der Waals surface area contributed by atoms with Crippen LogP contribution in [0.2, 0.25) is 0 Å². The van der Waals surface area contributed by atoms with Gasteiger partial charge in [-0.2, -0.15) is 5.10 Å². The zero-order chi connectivity index (χ0) is 12.4. The van der Waals surface area contributed by atoms with Gasteiger partial charge in [-0.3, -0.25) is 0 Å². The van der Waals surface area contributed by atoms with Crippen molar-refractivity contribution >= 4 is 5.82 Å². The molecule has 5 heteroatoms. The maximum absolute atomic E-state index is 4.42. The minimum absolute atomic E-state index is 0.535. The minimum atomic E-state index is 0.535. The van der Waals surface area contributed by atoms with Gasteiger partial charge in [-0.25, -0.2) is 4.68 Å². The number of aromatic nitrogens is 2. The lowest BCUT2D eigenvalue weighted by molar-refractivity contribution is 0.284. The van der Waals surface area contributed by atoms with Crippen LogP contribution in [0, 0.1) is 11.8 Å². The van der Waals surface area contributed by atoms with E-state index in [1.54, 1.807) is 0 Å². The number of hydrogen-bond acceptors (Lipinski definition) is 4. The molecule has 3 heterocycles. The van der Waals surface area contributed by atoms with Crippen LogP contribution in [-0.2, 0) is 0 Å². The van der Waals surface area contributed by atoms with Crippen molar-refractivity contribution in [2.75, 3.05) is 38.0 Å². The van der Waals surface area contributed by atoms with Gasteiger partial charge < -0.3 is 16.0 Å². The second-order valence-electron chi connectivity index (χ2n) is 5.58. The fourth-order valence-corrected chi connectivity index (χ4v) is 2.80. The van der Waals surface area contributed by atoms with Gasteiger partial charge in [-0.1, -0.05) is 6.92 Å². The predicted octanol–water partition coefficient (Wildman–Crippen LogP) is 0.685. The highest BCUT2D eigenvalue weighted by atomic mass is 15.4. The lowest BCUT2D eigenvalue weighted by Gasteiger charge is -2.31. The third-order valence-electron chi connectivity index (χ3n) is 4.28. The Morgan fingerprint density at radius 3 is 3.00 bits per heavy atom. The van der Waals surface area contributed by atoms with E-state index in [2.05, 4.69) is 38.7 Å². The van der Waals surface area contributed by atoms with Crippen molar-refractivity contribution in [2.24, 2.45) is 11.8 Å². The fourth-order valence-electron chi connectivity index (χ4n) is 2.80. The first kappa shape index (κ1) is 12.0. The van der Waals surface area contributed by atoms with E-state index in [4.69, 9.17) is 0 Å². The number of anilines is 1. The Morgan fingerprint density at radius 2 is 2.28 bits per heavy atom. The van der Waals surface area contributed by atoms with Crippen molar-refractivity contribution in [3.63, 3.8) is 0 Å². The molecule has 2 aliphatic rings. The third kappa shape index (κ3) is 2.37. The highest BCUT2D eigenvalue weighted by Crippen LogP contribution is 2.21. The van der Waals surface area contributed by atoms with E-state index < -0.39 is 0 Å². The van der Waals surface area contributed by atoms with Crippen LogP contribution in [0.1, 0.15) is 19.4 Å². The predicted molar refractivity (Wildman–Crippen MR) is 72.8 cm³/mol. The first-order valence-electron chi connectivity index (χ1n) is 7.03. The summed E-state index contributed by atoms with van der Waals surface area (Å²) in [7, 11) is 0. The summed E-state index contributed by atoms with van der Waals surface area (Å²) in [5.41, 5.74) is 0. The van der Waals surface area contributed by atoms with Gasteiger partial charge in [0.25, 0.3) is 0 Å². The molecule has 0 saturated carbocycles. The SMILES string of the molecule is CC1CNCCC1CNc1ccnn1C1CNC1. The molecule has 1 aromatic heterocycles. The Hall–Kier alpha value is -1.07. The molecule has 3 N–H and O–H groups in total. The molecule has 0 radical (unpaired) electrons. The van der Waals surface area contributed by atoms with Crippen molar-refractivity contribution in [3.05, 3.63) is 12.3 Å². The molecule has 100 valence electrons. The Labute approximate surface area is 108 Å². The number of hydrogen-bond donors (Lipinski definition) is 3. The first-order chi connectivity index (χ1) is 8.84. The summed E-state index contributed by atoms with van der Waals surface area (Å²) in [6, 6.07) is 2.62. The standard InChI is InChI=1S/C13H23N5/c1-10-6-14-4-2-11(10)7-16-13-3-5-17-18(13)12-8-15-9-12/h3,5,10-12,14-16H,2,4,6-9H2,1H3. The molecule has 0 bridgehead atoms. The molecule has 0 amide bonds. The molecule has 2 saturated heterocycles. The highest BCUT2D eigenvalue weighted by molar-refractivity contribution is 5.35. The maximum atomic E-state index is 4.42. The highest BCUT2D eigenvalue weighted by Gasteiger charge is 2.23. The second-order valence-corrected chi connectivity index (χ2v) is 5.58. The monoisotopic (exact) mass is 249 g/mol. The molecule has 0 spiro atoms. The van der Waals surface area contributed by atoms with Crippen molar-refractivity contribution in [1.82, 2.24) is 20.4 Å². The van der Waals surface area contributed by atoms with Gasteiger partial charge in [-0.15, -0.1) is 0 Å². The molecular weight excluding hydrogens is 226 g/mol. The lowest BCUT2D eigenvalue weighted by atomic mass is 9.88. The molecular formula is C13H23N5. The quantitative estimate of drug-likeness (QED) is 0.735. The summed E-state index contributed by atoms with van der Waals surface area (Å²) in [6.07, 6.45) is 3.17. The topological polar surface area (TPSA) is 53.9 Å². The normalized spacial score (nSPS) is 28.9. The average Bonchev–Trinajstić information content (AvgIpc) is 2.74. The zero-order valence-electron chi connectivity index (χ0n) is 11.0. The Kier molecular flexibility index (Phi) is 3.52. The summed E-state index contributed by atoms with van der Waals surface area (Å²) >= 11 is 0.